The lowest BCUT2D eigenvalue weighted by molar-refractivity contribution is -0.873. The molecule has 7 heteroatoms. The minimum Gasteiger partial charge on any atom is -0.455 e. The Labute approximate surface area is 154 Å². The summed E-state index contributed by atoms with van der Waals surface area (Å²) in [6.45, 7) is 2.55. The van der Waals surface area contributed by atoms with Gasteiger partial charge in [-0.15, -0.1) is 0 Å². The second-order valence-electron chi connectivity index (χ2n) is 7.91. The SMILES string of the molecule is CCCCCCCCCCCC(=O)OC(C[N+](C)(C)C)CS(=O)(=O)O. The molecule has 25 heavy (non-hydrogen) atoms. The Balaban J connectivity index is 3.98. The maximum Gasteiger partial charge on any atom is 0.306 e. The molecule has 0 radical (unpaired) electrons. The molecule has 0 aliphatic heterocycles. The highest BCUT2D eigenvalue weighted by Crippen LogP contribution is 2.12. The molecule has 0 rings (SSSR count). The van der Waals surface area contributed by atoms with Crippen molar-refractivity contribution in [2.24, 2.45) is 0 Å². The molecule has 1 atom stereocenters. The van der Waals surface area contributed by atoms with Crippen molar-refractivity contribution in [2.75, 3.05) is 33.4 Å². The molecular formula is C18H38NO5S+. The van der Waals surface area contributed by atoms with Crippen LogP contribution < -0.4 is 0 Å². The highest BCUT2D eigenvalue weighted by molar-refractivity contribution is 7.85. The van der Waals surface area contributed by atoms with Gasteiger partial charge in [0.2, 0.25) is 0 Å². The van der Waals surface area contributed by atoms with Gasteiger partial charge < -0.3 is 9.22 Å². The van der Waals surface area contributed by atoms with Crippen LogP contribution in [0.2, 0.25) is 0 Å². The normalized spacial score (nSPS) is 13.6. The summed E-state index contributed by atoms with van der Waals surface area (Å²) in [6, 6.07) is 0. The first-order valence-corrected chi connectivity index (χ1v) is 11.1. The molecule has 0 aromatic rings. The van der Waals surface area contributed by atoms with Crippen LogP contribution in [-0.4, -0.2) is 63.0 Å². The van der Waals surface area contributed by atoms with Gasteiger partial charge in [-0.3, -0.25) is 9.35 Å². The first-order valence-electron chi connectivity index (χ1n) is 9.48. The van der Waals surface area contributed by atoms with Crippen molar-refractivity contribution in [1.82, 2.24) is 0 Å². The van der Waals surface area contributed by atoms with Crippen molar-refractivity contribution in [1.29, 1.82) is 0 Å². The minimum absolute atomic E-state index is 0.301. The molecule has 0 aromatic heterocycles. The smallest absolute Gasteiger partial charge is 0.306 e. The maximum absolute atomic E-state index is 11.9. The van der Waals surface area contributed by atoms with E-state index >= 15 is 0 Å². The number of nitrogens with zero attached hydrogens (tertiary/aromatic N) is 1. The van der Waals surface area contributed by atoms with Gasteiger partial charge in [0.25, 0.3) is 10.1 Å². The van der Waals surface area contributed by atoms with Crippen molar-refractivity contribution in [3.05, 3.63) is 0 Å². The molecule has 0 fully saturated rings. The quantitative estimate of drug-likeness (QED) is 0.204. The molecule has 1 N–H and O–H groups in total. The van der Waals surface area contributed by atoms with E-state index in [0.717, 1.165) is 19.3 Å². The molecule has 0 saturated carbocycles. The van der Waals surface area contributed by atoms with Crippen LogP contribution in [0.3, 0.4) is 0 Å². The number of carbonyl (C=O) groups excluding carboxylic acids is 1. The van der Waals surface area contributed by atoms with E-state index in [1.54, 1.807) is 0 Å². The molecule has 0 bridgehead atoms. The highest BCUT2D eigenvalue weighted by Gasteiger charge is 2.26. The van der Waals surface area contributed by atoms with Crippen LogP contribution in [0.25, 0.3) is 0 Å². The summed E-state index contributed by atoms with van der Waals surface area (Å²) in [5.41, 5.74) is 0. The number of esters is 1. The third-order valence-corrected chi connectivity index (χ3v) is 4.72. The first-order chi connectivity index (χ1) is 11.5. The zero-order valence-electron chi connectivity index (χ0n) is 16.5. The molecule has 1 unspecified atom stereocenters. The van der Waals surface area contributed by atoms with Crippen LogP contribution in [0, 0.1) is 0 Å². The minimum atomic E-state index is -4.17. The van der Waals surface area contributed by atoms with E-state index in [0.29, 0.717) is 17.4 Å². The van der Waals surface area contributed by atoms with Crippen molar-refractivity contribution >= 4 is 16.1 Å². The van der Waals surface area contributed by atoms with Crippen LogP contribution in [0.5, 0.6) is 0 Å². The van der Waals surface area contributed by atoms with E-state index in [9.17, 15) is 13.2 Å². The number of unbranched alkanes of at least 4 members (excludes halogenated alkanes) is 8. The van der Waals surface area contributed by atoms with E-state index < -0.39 is 22.0 Å². The molecule has 6 nitrogen and oxygen atoms in total. The third kappa shape index (κ3) is 17.9. The van der Waals surface area contributed by atoms with Gasteiger partial charge in [0.05, 0.1) is 21.1 Å². The monoisotopic (exact) mass is 380 g/mol. The fraction of sp³-hybridized carbons (Fsp3) is 0.944. The Morgan fingerprint density at radius 2 is 1.44 bits per heavy atom. The van der Waals surface area contributed by atoms with Gasteiger partial charge in [0.1, 0.15) is 12.3 Å². The Morgan fingerprint density at radius 3 is 1.88 bits per heavy atom. The van der Waals surface area contributed by atoms with Crippen LogP contribution >= 0.6 is 0 Å². The number of hydrogen-bond acceptors (Lipinski definition) is 4. The van der Waals surface area contributed by atoms with Crippen LogP contribution in [0.15, 0.2) is 0 Å². The molecule has 0 aliphatic rings. The predicted octanol–water partition coefficient (Wildman–Crippen LogP) is 3.41. The van der Waals surface area contributed by atoms with Gasteiger partial charge in [-0.2, -0.15) is 8.42 Å². The van der Waals surface area contributed by atoms with Gasteiger partial charge in [-0.1, -0.05) is 58.3 Å². The number of hydrogen-bond donors (Lipinski definition) is 1. The van der Waals surface area contributed by atoms with E-state index in [-0.39, 0.29) is 5.97 Å². The standard InChI is InChI=1S/C18H37NO5S/c1-5-6-7-8-9-10-11-12-13-14-18(20)24-17(15-19(2,3)4)16-25(21,22)23/h17H,5-16H2,1-4H3/p+1. The number of carbonyl (C=O) groups is 1. The number of rotatable bonds is 15. The molecular weight excluding hydrogens is 342 g/mol. The lowest BCUT2D eigenvalue weighted by Gasteiger charge is -2.28. The second-order valence-corrected chi connectivity index (χ2v) is 9.41. The van der Waals surface area contributed by atoms with E-state index in [4.69, 9.17) is 9.29 Å². The third-order valence-electron chi connectivity index (χ3n) is 3.93. The molecule has 0 heterocycles. The van der Waals surface area contributed by atoms with Gasteiger partial charge in [-0.25, -0.2) is 0 Å². The topological polar surface area (TPSA) is 80.7 Å². The van der Waals surface area contributed by atoms with E-state index in [1.165, 1.54) is 38.5 Å². The summed E-state index contributed by atoms with van der Waals surface area (Å²) in [6.07, 6.45) is 9.97. The maximum atomic E-state index is 11.9. The molecule has 0 aliphatic carbocycles. The summed E-state index contributed by atoms with van der Waals surface area (Å²) in [7, 11) is 1.47. The second kappa shape index (κ2) is 12.7. The molecule has 0 amide bonds. The van der Waals surface area contributed by atoms with Gasteiger partial charge in [-0.05, 0) is 6.42 Å². The highest BCUT2D eigenvalue weighted by atomic mass is 32.2. The van der Waals surface area contributed by atoms with Crippen molar-refractivity contribution in [3.8, 4) is 0 Å². The van der Waals surface area contributed by atoms with Gasteiger partial charge in [0, 0.05) is 6.42 Å². The summed E-state index contributed by atoms with van der Waals surface area (Å²) in [4.78, 5) is 11.9. The Morgan fingerprint density at radius 1 is 0.960 bits per heavy atom. The Bertz CT molecular complexity index is 457. The lowest BCUT2D eigenvalue weighted by Crippen LogP contribution is -2.45. The van der Waals surface area contributed by atoms with Crippen LogP contribution in [0.4, 0.5) is 0 Å². The Hall–Kier alpha value is -0.660. The predicted molar refractivity (Wildman–Crippen MR) is 101 cm³/mol. The summed E-state index contributed by atoms with van der Waals surface area (Å²) >= 11 is 0. The van der Waals surface area contributed by atoms with Gasteiger partial charge in [0.15, 0.2) is 6.10 Å². The van der Waals surface area contributed by atoms with Gasteiger partial charge >= 0.3 is 5.97 Å². The summed E-state index contributed by atoms with van der Waals surface area (Å²) < 4.78 is 36.9. The van der Waals surface area contributed by atoms with Crippen molar-refractivity contribution in [3.63, 3.8) is 0 Å². The average molecular weight is 381 g/mol. The summed E-state index contributed by atoms with van der Waals surface area (Å²) in [5.74, 6) is -0.934. The zero-order valence-corrected chi connectivity index (χ0v) is 17.3. The van der Waals surface area contributed by atoms with Crippen LogP contribution in [-0.2, 0) is 19.6 Å². The molecule has 0 spiro atoms. The lowest BCUT2D eigenvalue weighted by atomic mass is 10.1. The fourth-order valence-electron chi connectivity index (χ4n) is 2.79. The molecule has 0 saturated heterocycles. The zero-order chi connectivity index (χ0) is 19.3. The summed E-state index contributed by atoms with van der Waals surface area (Å²) in [5, 5.41) is 0. The first kappa shape index (κ1) is 24.3. The molecule has 0 aromatic carbocycles. The number of ether oxygens (including phenoxy) is 1. The van der Waals surface area contributed by atoms with Crippen molar-refractivity contribution in [2.45, 2.75) is 77.2 Å². The molecule has 150 valence electrons. The van der Waals surface area contributed by atoms with E-state index in [1.807, 2.05) is 21.1 Å². The largest absolute Gasteiger partial charge is 0.455 e. The number of quaternary nitrogens is 1. The average Bonchev–Trinajstić information content (AvgIpc) is 2.41. The van der Waals surface area contributed by atoms with Crippen molar-refractivity contribution < 1.29 is 27.0 Å². The van der Waals surface area contributed by atoms with Crippen LogP contribution in [0.1, 0.15) is 71.1 Å². The number of likely N-dealkylation sites (N-methyl/N-ethyl adjacent to an activating group) is 1. The Kier molecular flexibility index (Phi) is 12.3. The fourth-order valence-corrected chi connectivity index (χ4v) is 3.44. The van der Waals surface area contributed by atoms with E-state index in [2.05, 4.69) is 6.92 Å².